The SMILES string of the molecule is C=CCC[C@H](N)c1c2ccccc2cc2ccccc12. The third kappa shape index (κ3) is 2.21. The molecule has 0 aliphatic rings. The van der Waals surface area contributed by atoms with E-state index in [0.29, 0.717) is 0 Å². The fourth-order valence-electron chi connectivity index (χ4n) is 2.89. The van der Waals surface area contributed by atoms with Gasteiger partial charge in [0.05, 0.1) is 0 Å². The van der Waals surface area contributed by atoms with E-state index >= 15 is 0 Å². The summed E-state index contributed by atoms with van der Waals surface area (Å²) in [6.07, 6.45) is 3.81. The van der Waals surface area contributed by atoms with E-state index in [9.17, 15) is 0 Å². The van der Waals surface area contributed by atoms with E-state index in [1.54, 1.807) is 0 Å². The molecule has 20 heavy (non-hydrogen) atoms. The number of hydrogen-bond acceptors (Lipinski definition) is 1. The Kier molecular flexibility index (Phi) is 3.53. The van der Waals surface area contributed by atoms with E-state index < -0.39 is 0 Å². The average molecular weight is 261 g/mol. The maximum Gasteiger partial charge on any atom is 0.0310 e. The molecule has 0 aliphatic carbocycles. The molecule has 3 rings (SSSR count). The number of allylic oxidation sites excluding steroid dienone is 1. The zero-order valence-corrected chi connectivity index (χ0v) is 11.5. The van der Waals surface area contributed by atoms with Gasteiger partial charge in [-0.2, -0.15) is 0 Å². The lowest BCUT2D eigenvalue weighted by Gasteiger charge is -2.17. The van der Waals surface area contributed by atoms with Crippen molar-refractivity contribution in [3.05, 3.63) is 72.8 Å². The van der Waals surface area contributed by atoms with Crippen LogP contribution < -0.4 is 5.73 Å². The molecule has 3 aromatic carbocycles. The van der Waals surface area contributed by atoms with Crippen molar-refractivity contribution in [1.29, 1.82) is 0 Å². The van der Waals surface area contributed by atoms with Gasteiger partial charge in [-0.25, -0.2) is 0 Å². The van der Waals surface area contributed by atoms with E-state index in [0.717, 1.165) is 12.8 Å². The van der Waals surface area contributed by atoms with Crippen molar-refractivity contribution in [2.24, 2.45) is 5.73 Å². The fourth-order valence-corrected chi connectivity index (χ4v) is 2.89. The monoisotopic (exact) mass is 261 g/mol. The summed E-state index contributed by atoms with van der Waals surface area (Å²) in [6, 6.07) is 19.3. The Hall–Kier alpha value is -2.12. The van der Waals surface area contributed by atoms with E-state index in [-0.39, 0.29) is 6.04 Å². The molecular weight excluding hydrogens is 242 g/mol. The van der Waals surface area contributed by atoms with Crippen LogP contribution in [0.1, 0.15) is 24.4 Å². The van der Waals surface area contributed by atoms with Gasteiger partial charge < -0.3 is 5.73 Å². The van der Waals surface area contributed by atoms with Crippen LogP contribution in [0.15, 0.2) is 67.3 Å². The third-order valence-electron chi connectivity index (χ3n) is 3.87. The van der Waals surface area contributed by atoms with Crippen LogP contribution in [0.25, 0.3) is 21.5 Å². The van der Waals surface area contributed by atoms with Gasteiger partial charge in [0.25, 0.3) is 0 Å². The van der Waals surface area contributed by atoms with Gasteiger partial charge in [-0.1, -0.05) is 54.6 Å². The Bertz CT molecular complexity index is 704. The Morgan fingerprint density at radius 1 is 0.950 bits per heavy atom. The molecule has 0 aromatic heterocycles. The summed E-state index contributed by atoms with van der Waals surface area (Å²) in [5.74, 6) is 0. The first-order valence-electron chi connectivity index (χ1n) is 7.08. The van der Waals surface area contributed by atoms with Gasteiger partial charge in [0.15, 0.2) is 0 Å². The lowest BCUT2D eigenvalue weighted by Crippen LogP contribution is -2.11. The van der Waals surface area contributed by atoms with Gasteiger partial charge >= 0.3 is 0 Å². The molecule has 0 heterocycles. The van der Waals surface area contributed by atoms with Crippen molar-refractivity contribution in [1.82, 2.24) is 0 Å². The van der Waals surface area contributed by atoms with Gasteiger partial charge in [-0.05, 0) is 46.0 Å². The largest absolute Gasteiger partial charge is 0.324 e. The average Bonchev–Trinajstić information content (AvgIpc) is 2.50. The standard InChI is InChI=1S/C19H19N/c1-2-3-12-18(20)19-16-10-6-4-8-14(16)13-15-9-5-7-11-17(15)19/h2,4-11,13,18H,1,3,12,20H2/t18-/m0/s1. The second-order valence-electron chi connectivity index (χ2n) is 5.21. The molecule has 0 spiro atoms. The number of hydrogen-bond donors (Lipinski definition) is 1. The molecule has 0 saturated carbocycles. The first-order valence-corrected chi connectivity index (χ1v) is 7.08. The molecule has 0 saturated heterocycles. The van der Waals surface area contributed by atoms with E-state index in [2.05, 4.69) is 61.2 Å². The lowest BCUT2D eigenvalue weighted by molar-refractivity contribution is 0.670. The lowest BCUT2D eigenvalue weighted by atomic mass is 9.91. The van der Waals surface area contributed by atoms with Crippen LogP contribution in [0, 0.1) is 0 Å². The quantitative estimate of drug-likeness (QED) is 0.521. The van der Waals surface area contributed by atoms with Gasteiger partial charge in [-0.3, -0.25) is 0 Å². The molecule has 1 atom stereocenters. The third-order valence-corrected chi connectivity index (χ3v) is 3.87. The first kappa shape index (κ1) is 12.9. The van der Waals surface area contributed by atoms with E-state index in [4.69, 9.17) is 5.73 Å². The summed E-state index contributed by atoms with van der Waals surface area (Å²) in [7, 11) is 0. The normalized spacial score (nSPS) is 12.7. The van der Waals surface area contributed by atoms with Crippen LogP contribution >= 0.6 is 0 Å². The minimum atomic E-state index is 0.0454. The molecule has 0 amide bonds. The van der Waals surface area contributed by atoms with Gasteiger partial charge in [0, 0.05) is 6.04 Å². The van der Waals surface area contributed by atoms with Crippen molar-refractivity contribution in [2.45, 2.75) is 18.9 Å². The van der Waals surface area contributed by atoms with Crippen LogP contribution in [0.5, 0.6) is 0 Å². The molecule has 0 aliphatic heterocycles. The van der Waals surface area contributed by atoms with E-state index in [1.807, 2.05) is 6.08 Å². The van der Waals surface area contributed by atoms with Crippen molar-refractivity contribution < 1.29 is 0 Å². The summed E-state index contributed by atoms with van der Waals surface area (Å²) < 4.78 is 0. The highest BCUT2D eigenvalue weighted by Gasteiger charge is 2.13. The smallest absolute Gasteiger partial charge is 0.0310 e. The number of fused-ring (bicyclic) bond motifs is 2. The molecule has 3 aromatic rings. The fraction of sp³-hybridized carbons (Fsp3) is 0.158. The zero-order chi connectivity index (χ0) is 13.9. The van der Waals surface area contributed by atoms with Gasteiger partial charge in [0.2, 0.25) is 0 Å². The zero-order valence-electron chi connectivity index (χ0n) is 11.5. The molecule has 2 N–H and O–H groups in total. The second-order valence-corrected chi connectivity index (χ2v) is 5.21. The number of nitrogens with two attached hydrogens (primary N) is 1. The maximum atomic E-state index is 6.47. The van der Waals surface area contributed by atoms with Crippen LogP contribution in [-0.2, 0) is 0 Å². The minimum absolute atomic E-state index is 0.0454. The number of benzene rings is 3. The Morgan fingerprint density at radius 2 is 1.50 bits per heavy atom. The Morgan fingerprint density at radius 3 is 2.05 bits per heavy atom. The molecule has 0 unspecified atom stereocenters. The van der Waals surface area contributed by atoms with Crippen molar-refractivity contribution in [3.63, 3.8) is 0 Å². The van der Waals surface area contributed by atoms with Crippen molar-refractivity contribution in [3.8, 4) is 0 Å². The van der Waals surface area contributed by atoms with Crippen LogP contribution in [-0.4, -0.2) is 0 Å². The summed E-state index contributed by atoms with van der Waals surface area (Å²) in [6.45, 7) is 3.80. The number of rotatable bonds is 4. The highest BCUT2D eigenvalue weighted by molar-refractivity contribution is 6.02. The summed E-state index contributed by atoms with van der Waals surface area (Å²) in [4.78, 5) is 0. The van der Waals surface area contributed by atoms with Crippen molar-refractivity contribution >= 4 is 21.5 Å². The predicted molar refractivity (Wildman–Crippen MR) is 87.8 cm³/mol. The summed E-state index contributed by atoms with van der Waals surface area (Å²) >= 11 is 0. The second kappa shape index (κ2) is 5.48. The van der Waals surface area contributed by atoms with E-state index in [1.165, 1.54) is 27.1 Å². The van der Waals surface area contributed by atoms with Gasteiger partial charge in [-0.15, -0.1) is 6.58 Å². The highest BCUT2D eigenvalue weighted by Crippen LogP contribution is 2.33. The topological polar surface area (TPSA) is 26.0 Å². The van der Waals surface area contributed by atoms with Crippen LogP contribution in [0.4, 0.5) is 0 Å². The predicted octanol–water partition coefficient (Wildman–Crippen LogP) is 4.96. The molecule has 100 valence electrons. The summed E-state index contributed by atoms with van der Waals surface area (Å²) in [5.41, 5.74) is 7.73. The molecule has 1 nitrogen and oxygen atoms in total. The van der Waals surface area contributed by atoms with Crippen LogP contribution in [0.3, 0.4) is 0 Å². The Balaban J connectivity index is 2.30. The molecule has 0 bridgehead atoms. The minimum Gasteiger partial charge on any atom is -0.324 e. The Labute approximate surface area is 119 Å². The van der Waals surface area contributed by atoms with Crippen LogP contribution in [0.2, 0.25) is 0 Å². The molecular formula is C19H19N. The first-order chi connectivity index (χ1) is 9.81. The van der Waals surface area contributed by atoms with Gasteiger partial charge in [0.1, 0.15) is 0 Å². The molecule has 1 heteroatoms. The highest BCUT2D eigenvalue weighted by atomic mass is 14.6. The summed E-state index contributed by atoms with van der Waals surface area (Å²) in [5, 5.41) is 5.05. The molecule has 0 radical (unpaired) electrons. The molecule has 0 fully saturated rings. The van der Waals surface area contributed by atoms with Crippen molar-refractivity contribution in [2.75, 3.05) is 0 Å². The maximum absolute atomic E-state index is 6.47.